The minimum atomic E-state index is -0.816. The molecular formula is C14H18ClNO3. The fourth-order valence-corrected chi connectivity index (χ4v) is 2.49. The van der Waals surface area contributed by atoms with Crippen molar-refractivity contribution >= 4 is 17.6 Å². The fraction of sp³-hybridized carbons (Fsp3) is 0.500. The predicted octanol–water partition coefficient (Wildman–Crippen LogP) is 2.62. The minimum Gasteiger partial charge on any atom is -0.480 e. The van der Waals surface area contributed by atoms with Crippen LogP contribution in [0.25, 0.3) is 0 Å². The Morgan fingerprint density at radius 2 is 2.21 bits per heavy atom. The topological polar surface area (TPSA) is 58.6 Å². The van der Waals surface area contributed by atoms with Crippen molar-refractivity contribution in [3.05, 3.63) is 34.9 Å². The summed E-state index contributed by atoms with van der Waals surface area (Å²) >= 11 is 5.87. The van der Waals surface area contributed by atoms with Gasteiger partial charge in [0.2, 0.25) is 0 Å². The van der Waals surface area contributed by atoms with E-state index in [0.29, 0.717) is 18.1 Å². The summed E-state index contributed by atoms with van der Waals surface area (Å²) in [4.78, 5) is 11.1. The number of benzene rings is 1. The largest absolute Gasteiger partial charge is 0.480 e. The highest BCUT2D eigenvalue weighted by molar-refractivity contribution is 6.30. The molecule has 1 fully saturated rings. The first kappa shape index (κ1) is 14.3. The molecule has 0 spiro atoms. The van der Waals surface area contributed by atoms with Gasteiger partial charge < -0.3 is 9.84 Å². The normalized spacial score (nSPS) is 24.3. The summed E-state index contributed by atoms with van der Waals surface area (Å²) in [6, 6.07) is 7.00. The van der Waals surface area contributed by atoms with E-state index < -0.39 is 12.0 Å². The van der Waals surface area contributed by atoms with Crippen LogP contribution < -0.4 is 5.32 Å². The number of rotatable bonds is 5. The van der Waals surface area contributed by atoms with Crippen LogP contribution in [0, 0.1) is 0 Å². The monoisotopic (exact) mass is 283 g/mol. The molecule has 4 nitrogen and oxygen atoms in total. The standard InChI is InChI=1S/C14H18ClNO3/c1-2-11(14(17)18)16-12-7-8-19-13(12)9-3-5-10(15)6-4-9/h3-6,11-13,16H,2,7-8H2,1H3,(H,17,18). The van der Waals surface area contributed by atoms with Gasteiger partial charge in [-0.25, -0.2) is 0 Å². The van der Waals surface area contributed by atoms with Gasteiger partial charge in [-0.3, -0.25) is 10.1 Å². The van der Waals surface area contributed by atoms with E-state index in [0.717, 1.165) is 12.0 Å². The Labute approximate surface area is 117 Å². The summed E-state index contributed by atoms with van der Waals surface area (Å²) in [5, 5.41) is 13.0. The molecule has 0 saturated carbocycles. The van der Waals surface area contributed by atoms with Crippen molar-refractivity contribution in [3.63, 3.8) is 0 Å². The molecule has 2 rings (SSSR count). The van der Waals surface area contributed by atoms with Crippen molar-refractivity contribution in [2.24, 2.45) is 0 Å². The molecule has 0 amide bonds. The maximum Gasteiger partial charge on any atom is 0.320 e. The first-order valence-electron chi connectivity index (χ1n) is 6.47. The second-order valence-corrected chi connectivity index (χ2v) is 5.14. The van der Waals surface area contributed by atoms with Gasteiger partial charge >= 0.3 is 5.97 Å². The second-order valence-electron chi connectivity index (χ2n) is 4.70. The van der Waals surface area contributed by atoms with Crippen LogP contribution in [-0.2, 0) is 9.53 Å². The Bertz CT molecular complexity index is 435. The minimum absolute atomic E-state index is 0.0298. The summed E-state index contributed by atoms with van der Waals surface area (Å²) in [5.74, 6) is -0.816. The number of ether oxygens (including phenoxy) is 1. The lowest BCUT2D eigenvalue weighted by molar-refractivity contribution is -0.139. The van der Waals surface area contributed by atoms with Crippen LogP contribution in [0.2, 0.25) is 5.02 Å². The Morgan fingerprint density at radius 1 is 1.53 bits per heavy atom. The number of aliphatic carboxylic acids is 1. The van der Waals surface area contributed by atoms with Gasteiger partial charge in [-0.05, 0) is 30.5 Å². The zero-order valence-electron chi connectivity index (χ0n) is 10.8. The first-order valence-corrected chi connectivity index (χ1v) is 6.85. The molecule has 3 unspecified atom stereocenters. The van der Waals surface area contributed by atoms with Gasteiger partial charge in [0.25, 0.3) is 0 Å². The van der Waals surface area contributed by atoms with E-state index in [-0.39, 0.29) is 12.1 Å². The quantitative estimate of drug-likeness (QED) is 0.872. The molecule has 1 aliphatic heterocycles. The average Bonchev–Trinajstić information content (AvgIpc) is 2.84. The summed E-state index contributed by atoms with van der Waals surface area (Å²) in [6.07, 6.45) is 1.27. The van der Waals surface area contributed by atoms with Crippen LogP contribution in [-0.4, -0.2) is 29.8 Å². The van der Waals surface area contributed by atoms with Gasteiger partial charge in [0, 0.05) is 17.7 Å². The summed E-state index contributed by atoms with van der Waals surface area (Å²) in [6.45, 7) is 2.50. The second kappa shape index (κ2) is 6.37. The Balaban J connectivity index is 2.08. The number of hydrogen-bond acceptors (Lipinski definition) is 3. The number of nitrogens with one attached hydrogen (secondary N) is 1. The molecule has 5 heteroatoms. The molecule has 0 aromatic heterocycles. The Morgan fingerprint density at radius 3 is 2.79 bits per heavy atom. The summed E-state index contributed by atoms with van der Waals surface area (Å²) < 4.78 is 5.72. The molecule has 3 atom stereocenters. The zero-order valence-corrected chi connectivity index (χ0v) is 11.6. The van der Waals surface area contributed by atoms with Crippen LogP contribution >= 0.6 is 11.6 Å². The van der Waals surface area contributed by atoms with Crippen LogP contribution in [0.15, 0.2) is 24.3 Å². The Kier molecular flexibility index (Phi) is 4.80. The molecule has 0 aliphatic carbocycles. The van der Waals surface area contributed by atoms with Crippen molar-refractivity contribution in [2.75, 3.05) is 6.61 Å². The van der Waals surface area contributed by atoms with E-state index in [2.05, 4.69) is 5.32 Å². The maximum atomic E-state index is 11.1. The molecule has 1 heterocycles. The first-order chi connectivity index (χ1) is 9.11. The molecule has 104 valence electrons. The molecule has 19 heavy (non-hydrogen) atoms. The predicted molar refractivity (Wildman–Crippen MR) is 73.4 cm³/mol. The molecule has 2 N–H and O–H groups in total. The van der Waals surface area contributed by atoms with Crippen molar-refractivity contribution < 1.29 is 14.6 Å². The van der Waals surface area contributed by atoms with Crippen LogP contribution in [0.5, 0.6) is 0 Å². The maximum absolute atomic E-state index is 11.1. The van der Waals surface area contributed by atoms with E-state index in [4.69, 9.17) is 21.4 Å². The highest BCUT2D eigenvalue weighted by Gasteiger charge is 2.32. The molecule has 1 aliphatic rings. The Hall–Kier alpha value is -1.10. The highest BCUT2D eigenvalue weighted by atomic mass is 35.5. The fourth-order valence-electron chi connectivity index (χ4n) is 2.36. The van der Waals surface area contributed by atoms with Crippen LogP contribution in [0.3, 0.4) is 0 Å². The van der Waals surface area contributed by atoms with Crippen molar-refractivity contribution in [3.8, 4) is 0 Å². The van der Waals surface area contributed by atoms with Crippen LogP contribution in [0.1, 0.15) is 31.4 Å². The van der Waals surface area contributed by atoms with Gasteiger partial charge in [0.15, 0.2) is 0 Å². The third-order valence-electron chi connectivity index (χ3n) is 3.41. The summed E-state index contributed by atoms with van der Waals surface area (Å²) in [5.41, 5.74) is 1.03. The molecule has 0 radical (unpaired) electrons. The van der Waals surface area contributed by atoms with Gasteiger partial charge in [-0.1, -0.05) is 30.7 Å². The number of carboxylic acid groups (broad SMARTS) is 1. The van der Waals surface area contributed by atoms with Gasteiger partial charge in [-0.2, -0.15) is 0 Å². The number of hydrogen-bond donors (Lipinski definition) is 2. The van der Waals surface area contributed by atoms with E-state index >= 15 is 0 Å². The number of carbonyl (C=O) groups is 1. The van der Waals surface area contributed by atoms with Crippen molar-refractivity contribution in [1.82, 2.24) is 5.32 Å². The van der Waals surface area contributed by atoms with E-state index in [9.17, 15) is 4.79 Å². The molecular weight excluding hydrogens is 266 g/mol. The third-order valence-corrected chi connectivity index (χ3v) is 3.66. The van der Waals surface area contributed by atoms with E-state index in [1.807, 2.05) is 31.2 Å². The molecule has 1 saturated heterocycles. The lowest BCUT2D eigenvalue weighted by Gasteiger charge is -2.23. The zero-order chi connectivity index (χ0) is 13.8. The molecule has 0 bridgehead atoms. The smallest absolute Gasteiger partial charge is 0.320 e. The lowest BCUT2D eigenvalue weighted by Crippen LogP contribution is -2.44. The SMILES string of the molecule is CCC(NC1CCOC1c1ccc(Cl)cc1)C(=O)O. The molecule has 1 aromatic rings. The van der Waals surface area contributed by atoms with Gasteiger partial charge in [0.05, 0.1) is 6.10 Å². The lowest BCUT2D eigenvalue weighted by atomic mass is 10.0. The average molecular weight is 284 g/mol. The molecule has 1 aromatic carbocycles. The third kappa shape index (κ3) is 3.47. The summed E-state index contributed by atoms with van der Waals surface area (Å²) in [7, 11) is 0. The van der Waals surface area contributed by atoms with Crippen molar-refractivity contribution in [1.29, 1.82) is 0 Å². The highest BCUT2D eigenvalue weighted by Crippen LogP contribution is 2.30. The van der Waals surface area contributed by atoms with Crippen molar-refractivity contribution in [2.45, 2.75) is 38.0 Å². The number of carboxylic acids is 1. The van der Waals surface area contributed by atoms with E-state index in [1.54, 1.807) is 0 Å². The van der Waals surface area contributed by atoms with Crippen LogP contribution in [0.4, 0.5) is 0 Å². The van der Waals surface area contributed by atoms with E-state index in [1.165, 1.54) is 0 Å². The number of halogens is 1. The van der Waals surface area contributed by atoms with Gasteiger partial charge in [0.1, 0.15) is 6.04 Å². The van der Waals surface area contributed by atoms with Gasteiger partial charge in [-0.15, -0.1) is 0 Å².